The molecule has 1 aromatic heterocycles. The lowest BCUT2D eigenvalue weighted by Crippen LogP contribution is -2.05. The molecule has 0 bridgehead atoms. The molecule has 1 unspecified atom stereocenters. The molecule has 2 nitrogen and oxygen atoms in total. The largest absolute Gasteiger partial charge is 0.388 e. The molecule has 0 amide bonds. The van der Waals surface area contributed by atoms with Crippen LogP contribution < -0.4 is 0 Å². The highest BCUT2D eigenvalue weighted by atomic mass is 35.5. The fourth-order valence-corrected chi connectivity index (χ4v) is 2.37. The van der Waals surface area contributed by atoms with E-state index in [9.17, 15) is 5.11 Å². The third kappa shape index (κ3) is 3.47. The van der Waals surface area contributed by atoms with Gasteiger partial charge >= 0.3 is 0 Å². The van der Waals surface area contributed by atoms with Crippen molar-refractivity contribution in [2.45, 2.75) is 26.4 Å². The van der Waals surface area contributed by atoms with Gasteiger partial charge in [0.2, 0.25) is 0 Å². The maximum atomic E-state index is 10.3. The lowest BCUT2D eigenvalue weighted by molar-refractivity contribution is 0.177. The molecule has 0 saturated carbocycles. The van der Waals surface area contributed by atoms with Crippen molar-refractivity contribution >= 4 is 23.2 Å². The fourth-order valence-electron chi connectivity index (χ4n) is 2.05. The van der Waals surface area contributed by atoms with E-state index in [-0.39, 0.29) is 0 Å². The molecule has 1 atom stereocenters. The first-order valence-corrected chi connectivity index (χ1v) is 6.79. The summed E-state index contributed by atoms with van der Waals surface area (Å²) in [7, 11) is 0. The van der Waals surface area contributed by atoms with Crippen LogP contribution in [0.1, 0.15) is 28.6 Å². The molecular weight excluding hydrogens is 281 g/mol. The molecule has 2 aromatic rings. The molecular formula is C15H15Cl2NO. The van der Waals surface area contributed by atoms with Crippen molar-refractivity contribution in [1.29, 1.82) is 0 Å². The molecule has 1 N–H and O–H groups in total. The topological polar surface area (TPSA) is 33.1 Å². The Kier molecular flexibility index (Phi) is 4.46. The van der Waals surface area contributed by atoms with Crippen molar-refractivity contribution in [1.82, 2.24) is 4.98 Å². The van der Waals surface area contributed by atoms with Crippen LogP contribution in [-0.4, -0.2) is 10.1 Å². The molecule has 19 heavy (non-hydrogen) atoms. The fraction of sp³-hybridized carbons (Fsp3) is 0.267. The second-order valence-corrected chi connectivity index (χ2v) is 5.41. The number of aliphatic hydroxyl groups is 1. The van der Waals surface area contributed by atoms with E-state index in [0.717, 1.165) is 22.5 Å². The molecule has 0 spiro atoms. The summed E-state index contributed by atoms with van der Waals surface area (Å²) < 4.78 is 0. The van der Waals surface area contributed by atoms with Gasteiger partial charge in [0.05, 0.1) is 16.1 Å². The first-order valence-electron chi connectivity index (χ1n) is 6.03. The van der Waals surface area contributed by atoms with E-state index in [1.807, 2.05) is 32.0 Å². The third-order valence-electron chi connectivity index (χ3n) is 3.04. The molecule has 0 radical (unpaired) electrons. The number of rotatable bonds is 3. The van der Waals surface area contributed by atoms with E-state index >= 15 is 0 Å². The summed E-state index contributed by atoms with van der Waals surface area (Å²) in [5.41, 5.74) is 3.59. The second-order valence-electron chi connectivity index (χ2n) is 4.60. The molecule has 1 aromatic carbocycles. The van der Waals surface area contributed by atoms with E-state index in [0.29, 0.717) is 16.5 Å². The Labute approximate surface area is 123 Å². The van der Waals surface area contributed by atoms with Crippen LogP contribution in [0.2, 0.25) is 10.0 Å². The smallest absolute Gasteiger partial charge is 0.0847 e. The first kappa shape index (κ1) is 14.3. The highest BCUT2D eigenvalue weighted by molar-refractivity contribution is 6.42. The summed E-state index contributed by atoms with van der Waals surface area (Å²) in [6.45, 7) is 3.84. The number of halogens is 2. The SMILES string of the molecule is Cc1ccc(C(O)Cc2ccc(Cl)c(Cl)c2)c(C)n1. The van der Waals surface area contributed by atoms with E-state index in [2.05, 4.69) is 4.98 Å². The first-order chi connectivity index (χ1) is 8.97. The minimum Gasteiger partial charge on any atom is -0.388 e. The Hall–Kier alpha value is -1.09. The molecule has 0 fully saturated rings. The zero-order valence-corrected chi connectivity index (χ0v) is 12.3. The Bertz CT molecular complexity index is 599. The number of hydrogen-bond acceptors (Lipinski definition) is 2. The van der Waals surface area contributed by atoms with Gasteiger partial charge in [-0.2, -0.15) is 0 Å². The third-order valence-corrected chi connectivity index (χ3v) is 3.78. The van der Waals surface area contributed by atoms with Gasteiger partial charge in [0, 0.05) is 23.4 Å². The quantitative estimate of drug-likeness (QED) is 0.917. The maximum absolute atomic E-state index is 10.3. The predicted octanol–water partition coefficient (Wildman–Crippen LogP) is 4.28. The summed E-state index contributed by atoms with van der Waals surface area (Å²) >= 11 is 11.8. The summed E-state index contributed by atoms with van der Waals surface area (Å²) in [4.78, 5) is 4.36. The lowest BCUT2D eigenvalue weighted by Gasteiger charge is -2.14. The Morgan fingerprint density at radius 3 is 2.47 bits per heavy atom. The zero-order chi connectivity index (χ0) is 14.0. The summed E-state index contributed by atoms with van der Waals surface area (Å²) in [5, 5.41) is 11.3. The van der Waals surface area contributed by atoms with Gasteiger partial charge in [-0.1, -0.05) is 35.3 Å². The summed E-state index contributed by atoms with van der Waals surface area (Å²) in [6, 6.07) is 9.21. The summed E-state index contributed by atoms with van der Waals surface area (Å²) in [6.07, 6.45) is -0.104. The predicted molar refractivity (Wildman–Crippen MR) is 78.8 cm³/mol. The van der Waals surface area contributed by atoms with E-state index in [4.69, 9.17) is 23.2 Å². The summed E-state index contributed by atoms with van der Waals surface area (Å²) in [5.74, 6) is 0. The van der Waals surface area contributed by atoms with Crippen LogP contribution in [0.15, 0.2) is 30.3 Å². The van der Waals surface area contributed by atoms with Crippen LogP contribution in [0.4, 0.5) is 0 Å². The molecule has 0 aliphatic carbocycles. The molecule has 100 valence electrons. The van der Waals surface area contributed by atoms with Gasteiger partial charge in [0.1, 0.15) is 0 Å². The van der Waals surface area contributed by atoms with Gasteiger partial charge in [0.15, 0.2) is 0 Å². The van der Waals surface area contributed by atoms with Crippen molar-refractivity contribution in [3.63, 3.8) is 0 Å². The van der Waals surface area contributed by atoms with Gasteiger partial charge in [-0.25, -0.2) is 0 Å². The lowest BCUT2D eigenvalue weighted by atomic mass is 10.0. The Morgan fingerprint density at radius 2 is 1.84 bits per heavy atom. The minimum absolute atomic E-state index is 0.489. The highest BCUT2D eigenvalue weighted by Crippen LogP contribution is 2.26. The number of aliphatic hydroxyl groups excluding tert-OH is 1. The molecule has 2 rings (SSSR count). The van der Waals surface area contributed by atoms with Crippen LogP contribution in [0.25, 0.3) is 0 Å². The highest BCUT2D eigenvalue weighted by Gasteiger charge is 2.13. The Morgan fingerprint density at radius 1 is 1.11 bits per heavy atom. The van der Waals surface area contributed by atoms with Crippen LogP contribution in [-0.2, 0) is 6.42 Å². The number of pyridine rings is 1. The van der Waals surface area contributed by atoms with Gasteiger partial charge in [0.25, 0.3) is 0 Å². The van der Waals surface area contributed by atoms with E-state index in [1.165, 1.54) is 0 Å². The average Bonchev–Trinajstić information content (AvgIpc) is 2.33. The van der Waals surface area contributed by atoms with E-state index < -0.39 is 6.10 Å². The molecule has 0 aliphatic heterocycles. The van der Waals surface area contributed by atoms with Crippen LogP contribution in [0.5, 0.6) is 0 Å². The van der Waals surface area contributed by atoms with Crippen molar-refractivity contribution in [2.24, 2.45) is 0 Å². The standard InChI is InChI=1S/C15H15Cl2NO/c1-9-3-5-12(10(2)18-9)15(19)8-11-4-6-13(16)14(17)7-11/h3-7,15,19H,8H2,1-2H3. The number of aryl methyl sites for hydroxylation is 2. The number of nitrogens with zero attached hydrogens (tertiary/aromatic N) is 1. The molecule has 0 aliphatic rings. The van der Waals surface area contributed by atoms with Crippen LogP contribution in [0, 0.1) is 13.8 Å². The van der Waals surface area contributed by atoms with Crippen molar-refractivity contribution in [3.05, 3.63) is 62.9 Å². The average molecular weight is 296 g/mol. The minimum atomic E-state index is -0.592. The number of benzene rings is 1. The second kappa shape index (κ2) is 5.91. The van der Waals surface area contributed by atoms with Crippen LogP contribution in [0.3, 0.4) is 0 Å². The monoisotopic (exact) mass is 295 g/mol. The normalized spacial score (nSPS) is 12.5. The number of hydrogen-bond donors (Lipinski definition) is 1. The van der Waals surface area contributed by atoms with Crippen molar-refractivity contribution in [2.75, 3.05) is 0 Å². The molecule has 4 heteroatoms. The van der Waals surface area contributed by atoms with Crippen LogP contribution >= 0.6 is 23.2 Å². The zero-order valence-electron chi connectivity index (χ0n) is 10.8. The van der Waals surface area contributed by atoms with Crippen molar-refractivity contribution in [3.8, 4) is 0 Å². The maximum Gasteiger partial charge on any atom is 0.0847 e. The van der Waals surface area contributed by atoms with Gasteiger partial charge in [-0.05, 0) is 37.6 Å². The molecule has 0 saturated heterocycles. The number of aromatic nitrogens is 1. The van der Waals surface area contributed by atoms with E-state index in [1.54, 1.807) is 12.1 Å². The molecule has 1 heterocycles. The van der Waals surface area contributed by atoms with Gasteiger partial charge < -0.3 is 5.11 Å². The van der Waals surface area contributed by atoms with Gasteiger partial charge in [-0.15, -0.1) is 0 Å². The Balaban J connectivity index is 2.20. The van der Waals surface area contributed by atoms with Crippen molar-refractivity contribution < 1.29 is 5.11 Å². The van der Waals surface area contributed by atoms with Gasteiger partial charge in [-0.3, -0.25) is 4.98 Å².